The molecule has 1 heterocycles. The molecule has 1 aromatic heterocycles. The van der Waals surface area contributed by atoms with Gasteiger partial charge in [-0.15, -0.1) is 0 Å². The van der Waals surface area contributed by atoms with Crippen LogP contribution in [0, 0.1) is 0 Å². The van der Waals surface area contributed by atoms with Crippen molar-refractivity contribution in [1.29, 1.82) is 0 Å². The normalized spacial score (nSPS) is 13.6. The van der Waals surface area contributed by atoms with Gasteiger partial charge in [-0.25, -0.2) is 4.98 Å². The van der Waals surface area contributed by atoms with Crippen molar-refractivity contribution in [3.63, 3.8) is 0 Å². The maximum atomic E-state index is 12.1. The molecule has 0 aliphatic carbocycles. The van der Waals surface area contributed by atoms with Gasteiger partial charge in [-0.2, -0.15) is 17.4 Å². The van der Waals surface area contributed by atoms with Crippen LogP contribution >= 0.6 is 0 Å². The molecule has 0 saturated heterocycles. The lowest BCUT2D eigenvalue weighted by Gasteiger charge is -2.21. The van der Waals surface area contributed by atoms with Crippen LogP contribution in [0.25, 0.3) is 0 Å². The number of nitrogens with zero attached hydrogens (tertiary/aromatic N) is 3. The fraction of sp³-hybridized carbons (Fsp3) is 0.308. The zero-order valence-corrected chi connectivity index (χ0v) is 12.5. The molecule has 1 N–H and O–H groups in total. The summed E-state index contributed by atoms with van der Waals surface area (Å²) in [7, 11) is 1.25. The highest BCUT2D eigenvalue weighted by molar-refractivity contribution is 7.87. The highest BCUT2D eigenvalue weighted by Crippen LogP contribution is 2.21. The van der Waals surface area contributed by atoms with E-state index >= 15 is 0 Å². The topological polar surface area (TPSA) is 67.2 Å². The molecule has 0 fully saturated rings. The lowest BCUT2D eigenvalue weighted by Crippen LogP contribution is -2.39. The first-order valence-corrected chi connectivity index (χ1v) is 7.58. The molecule has 7 heteroatoms. The summed E-state index contributed by atoms with van der Waals surface area (Å²) >= 11 is 0. The third-order valence-corrected chi connectivity index (χ3v) is 4.49. The average molecular weight is 294 g/mol. The van der Waals surface area contributed by atoms with Crippen molar-refractivity contribution in [2.24, 2.45) is 7.05 Å². The maximum Gasteiger partial charge on any atom is 0.279 e. The first kappa shape index (κ1) is 14.7. The van der Waals surface area contributed by atoms with E-state index in [1.807, 2.05) is 37.4 Å². The molecule has 0 saturated carbocycles. The van der Waals surface area contributed by atoms with Crippen LogP contribution < -0.4 is 4.72 Å². The summed E-state index contributed by atoms with van der Waals surface area (Å²) in [6.07, 6.45) is 3.43. The van der Waals surface area contributed by atoms with Crippen molar-refractivity contribution in [1.82, 2.24) is 18.6 Å². The van der Waals surface area contributed by atoms with Crippen molar-refractivity contribution < 1.29 is 8.42 Å². The van der Waals surface area contributed by atoms with Gasteiger partial charge in [0, 0.05) is 33.5 Å². The van der Waals surface area contributed by atoms with Crippen molar-refractivity contribution in [3.8, 4) is 0 Å². The first-order chi connectivity index (χ1) is 9.42. The van der Waals surface area contributed by atoms with E-state index in [1.54, 1.807) is 17.0 Å². The standard InChI is InChI=1S/C13H18N4O2S/c1-16(2)20(18,19)15-12(11-7-5-4-6-8-11)13-14-9-10-17(13)3/h4-10,12,15H,1-3H3. The molecule has 1 atom stereocenters. The molecule has 0 spiro atoms. The smallest absolute Gasteiger partial charge is 0.279 e. The minimum atomic E-state index is -3.56. The summed E-state index contributed by atoms with van der Waals surface area (Å²) in [6, 6.07) is 8.85. The Morgan fingerprint density at radius 3 is 2.40 bits per heavy atom. The number of aryl methyl sites for hydroxylation is 1. The van der Waals surface area contributed by atoms with E-state index in [2.05, 4.69) is 9.71 Å². The number of nitrogens with one attached hydrogen (secondary N) is 1. The van der Waals surface area contributed by atoms with Gasteiger partial charge >= 0.3 is 0 Å². The van der Waals surface area contributed by atoms with E-state index < -0.39 is 16.3 Å². The van der Waals surface area contributed by atoms with Gasteiger partial charge in [0.05, 0.1) is 0 Å². The molecule has 6 nitrogen and oxygen atoms in total. The lowest BCUT2D eigenvalue weighted by molar-refractivity contribution is 0.493. The molecule has 0 aliphatic rings. The molecular weight excluding hydrogens is 276 g/mol. The van der Waals surface area contributed by atoms with Gasteiger partial charge in [0.2, 0.25) is 0 Å². The predicted molar refractivity (Wildman–Crippen MR) is 77.2 cm³/mol. The Morgan fingerprint density at radius 1 is 1.25 bits per heavy atom. The highest BCUT2D eigenvalue weighted by Gasteiger charge is 2.25. The number of rotatable bonds is 5. The number of benzene rings is 1. The molecule has 0 bridgehead atoms. The van der Waals surface area contributed by atoms with Gasteiger partial charge < -0.3 is 4.57 Å². The number of hydrogen-bond acceptors (Lipinski definition) is 3. The van der Waals surface area contributed by atoms with Crippen LogP contribution in [0.15, 0.2) is 42.7 Å². The maximum absolute atomic E-state index is 12.1. The average Bonchev–Trinajstić information content (AvgIpc) is 2.83. The fourth-order valence-electron chi connectivity index (χ4n) is 1.82. The van der Waals surface area contributed by atoms with Crippen molar-refractivity contribution in [2.75, 3.05) is 14.1 Å². The molecule has 20 heavy (non-hydrogen) atoms. The summed E-state index contributed by atoms with van der Waals surface area (Å²) in [5, 5.41) is 0. The zero-order chi connectivity index (χ0) is 14.8. The van der Waals surface area contributed by atoms with Crippen LogP contribution in [0.2, 0.25) is 0 Å². The van der Waals surface area contributed by atoms with Crippen LogP contribution in [-0.4, -0.2) is 36.4 Å². The summed E-state index contributed by atoms with van der Waals surface area (Å²) in [5.41, 5.74) is 0.840. The molecule has 1 aromatic carbocycles. The van der Waals surface area contributed by atoms with E-state index in [4.69, 9.17) is 0 Å². The van der Waals surface area contributed by atoms with Crippen LogP contribution in [-0.2, 0) is 17.3 Å². The van der Waals surface area contributed by atoms with Gasteiger partial charge in [-0.1, -0.05) is 30.3 Å². The van der Waals surface area contributed by atoms with Crippen molar-refractivity contribution in [2.45, 2.75) is 6.04 Å². The van der Waals surface area contributed by atoms with E-state index in [0.717, 1.165) is 9.87 Å². The van der Waals surface area contributed by atoms with Crippen LogP contribution in [0.4, 0.5) is 0 Å². The Kier molecular flexibility index (Phi) is 4.22. The molecule has 0 radical (unpaired) electrons. The van der Waals surface area contributed by atoms with Crippen molar-refractivity contribution in [3.05, 3.63) is 54.1 Å². The molecule has 0 amide bonds. The number of imidazole rings is 1. The molecule has 0 aliphatic heterocycles. The summed E-state index contributed by atoms with van der Waals surface area (Å²) in [4.78, 5) is 4.25. The second-order valence-corrected chi connectivity index (χ2v) is 6.56. The third-order valence-electron chi connectivity index (χ3n) is 3.00. The second kappa shape index (κ2) is 5.74. The largest absolute Gasteiger partial charge is 0.336 e. The molecule has 2 rings (SSSR count). The predicted octanol–water partition coefficient (Wildman–Crippen LogP) is 0.905. The number of aromatic nitrogens is 2. The summed E-state index contributed by atoms with van der Waals surface area (Å²) in [5.74, 6) is 0.640. The lowest BCUT2D eigenvalue weighted by atomic mass is 10.1. The van der Waals surface area contributed by atoms with Crippen LogP contribution in [0.3, 0.4) is 0 Å². The zero-order valence-electron chi connectivity index (χ0n) is 11.7. The highest BCUT2D eigenvalue weighted by atomic mass is 32.2. The van der Waals surface area contributed by atoms with Crippen LogP contribution in [0.5, 0.6) is 0 Å². The fourth-order valence-corrected chi connectivity index (χ4v) is 2.58. The second-order valence-electron chi connectivity index (χ2n) is 4.65. The van der Waals surface area contributed by atoms with E-state index in [9.17, 15) is 8.42 Å². The molecule has 2 aromatic rings. The molecular formula is C13H18N4O2S. The van der Waals surface area contributed by atoms with Gasteiger partial charge in [-0.3, -0.25) is 0 Å². The Hall–Kier alpha value is -1.70. The summed E-state index contributed by atoms with van der Waals surface area (Å²) in [6.45, 7) is 0. The van der Waals surface area contributed by atoms with Gasteiger partial charge in [0.1, 0.15) is 11.9 Å². The van der Waals surface area contributed by atoms with E-state index in [0.29, 0.717) is 5.82 Å². The summed E-state index contributed by atoms with van der Waals surface area (Å²) < 4.78 is 29.8. The van der Waals surface area contributed by atoms with Gasteiger partial charge in [-0.05, 0) is 5.56 Å². The Morgan fingerprint density at radius 2 is 1.90 bits per heavy atom. The Labute approximate surface area is 119 Å². The van der Waals surface area contributed by atoms with E-state index in [-0.39, 0.29) is 0 Å². The monoisotopic (exact) mass is 294 g/mol. The Balaban J connectivity index is 2.44. The minimum Gasteiger partial charge on any atom is -0.336 e. The SMILES string of the molecule is CN(C)S(=O)(=O)NC(c1ccccc1)c1nccn1C. The Bertz CT molecular complexity index is 665. The van der Waals surface area contributed by atoms with Crippen molar-refractivity contribution >= 4 is 10.2 Å². The molecule has 108 valence electrons. The number of hydrogen-bond donors (Lipinski definition) is 1. The minimum absolute atomic E-state index is 0.524. The van der Waals surface area contributed by atoms with E-state index in [1.165, 1.54) is 14.1 Å². The van der Waals surface area contributed by atoms with Gasteiger partial charge in [0.25, 0.3) is 10.2 Å². The first-order valence-electron chi connectivity index (χ1n) is 6.14. The van der Waals surface area contributed by atoms with Gasteiger partial charge in [0.15, 0.2) is 0 Å². The quantitative estimate of drug-likeness (QED) is 0.891. The molecule has 1 unspecified atom stereocenters. The third kappa shape index (κ3) is 3.06. The van der Waals surface area contributed by atoms with Crippen LogP contribution in [0.1, 0.15) is 17.4 Å².